The summed E-state index contributed by atoms with van der Waals surface area (Å²) < 4.78 is 0. The van der Waals surface area contributed by atoms with Gasteiger partial charge in [-0.05, 0) is 29.2 Å². The summed E-state index contributed by atoms with van der Waals surface area (Å²) in [6, 6.07) is 18.7. The molecule has 2 rings (SSSR count). The van der Waals surface area contributed by atoms with E-state index < -0.39 is 0 Å². The van der Waals surface area contributed by atoms with Crippen LogP contribution in [0.15, 0.2) is 66.9 Å². The number of rotatable bonds is 3. The minimum atomic E-state index is 0.769. The Hall–Kier alpha value is -2.02. The molecule has 0 amide bonds. The number of benzene rings is 2. The maximum Gasteiger partial charge on any atom is 0.0755 e. The molecule has 80 valence electrons. The Morgan fingerprint density at radius 3 is 2.06 bits per heavy atom. The Bertz CT molecular complexity index is 455. The smallest absolute Gasteiger partial charge is 0.0755 e. The van der Waals surface area contributed by atoms with Gasteiger partial charge in [-0.25, -0.2) is 0 Å². The van der Waals surface area contributed by atoms with E-state index in [2.05, 4.69) is 36.4 Å². The average Bonchev–Trinajstić information content (AvgIpc) is 2.38. The van der Waals surface area contributed by atoms with Gasteiger partial charge >= 0.3 is 0 Å². The molecule has 1 heteroatoms. The van der Waals surface area contributed by atoms with E-state index in [1.54, 1.807) is 6.08 Å². The maximum atomic E-state index is 8.58. The van der Waals surface area contributed by atoms with Gasteiger partial charge in [-0.1, -0.05) is 54.6 Å². The van der Waals surface area contributed by atoms with Crippen LogP contribution in [0.2, 0.25) is 0 Å². The summed E-state index contributed by atoms with van der Waals surface area (Å²) in [4.78, 5) is 0. The van der Waals surface area contributed by atoms with Crippen LogP contribution in [-0.2, 0) is 6.42 Å². The van der Waals surface area contributed by atoms with Gasteiger partial charge in [0.15, 0.2) is 0 Å². The summed E-state index contributed by atoms with van der Waals surface area (Å²) >= 11 is 0. The molecule has 0 spiro atoms. The predicted octanol–water partition coefficient (Wildman–Crippen LogP) is 3.97. The third-order valence-electron chi connectivity index (χ3n) is 2.52. The summed E-state index contributed by atoms with van der Waals surface area (Å²) in [5.41, 5.74) is 3.65. The van der Waals surface area contributed by atoms with Gasteiger partial charge in [0.1, 0.15) is 0 Å². The van der Waals surface area contributed by atoms with Crippen molar-refractivity contribution in [3.05, 3.63) is 72.5 Å². The van der Waals surface area contributed by atoms with Crippen LogP contribution in [0.3, 0.4) is 0 Å². The molecule has 0 fully saturated rings. The lowest BCUT2D eigenvalue weighted by molar-refractivity contribution is 0.471. The van der Waals surface area contributed by atoms with Gasteiger partial charge < -0.3 is 5.11 Å². The molecule has 0 aliphatic rings. The zero-order chi connectivity index (χ0) is 11.2. The van der Waals surface area contributed by atoms with Gasteiger partial charge in [0, 0.05) is 0 Å². The highest BCUT2D eigenvalue weighted by Crippen LogP contribution is 2.19. The lowest BCUT2D eigenvalue weighted by atomic mass is 10.0. The van der Waals surface area contributed by atoms with Crippen molar-refractivity contribution < 1.29 is 5.11 Å². The Balaban J connectivity index is 2.20. The number of aliphatic hydroxyl groups excluding tert-OH is 1. The predicted molar refractivity (Wildman–Crippen MR) is 67.4 cm³/mol. The van der Waals surface area contributed by atoms with Gasteiger partial charge in [-0.15, -0.1) is 0 Å². The quantitative estimate of drug-likeness (QED) is 0.760. The molecule has 16 heavy (non-hydrogen) atoms. The fraction of sp³-hybridized carbons (Fsp3) is 0.0667. The van der Waals surface area contributed by atoms with E-state index in [4.69, 9.17) is 5.11 Å². The minimum absolute atomic E-state index is 0.769. The third-order valence-corrected chi connectivity index (χ3v) is 2.52. The van der Waals surface area contributed by atoms with Crippen molar-refractivity contribution in [3.63, 3.8) is 0 Å². The summed E-state index contributed by atoms with van der Waals surface area (Å²) in [5.74, 6) is 0. The van der Waals surface area contributed by atoms with Crippen molar-refractivity contribution in [2.24, 2.45) is 0 Å². The molecule has 0 saturated heterocycles. The highest BCUT2D eigenvalue weighted by Gasteiger charge is 1.96. The van der Waals surface area contributed by atoms with Crippen LogP contribution in [0.1, 0.15) is 5.56 Å². The number of allylic oxidation sites excluding steroid dienone is 1. The molecule has 0 atom stereocenters. The molecular weight excluding hydrogens is 196 g/mol. The standard InChI is InChI=1S/C15H14O/c16-12-4-5-13-8-10-15(11-9-13)14-6-2-1-3-7-14/h1-4,6-12,16H,5H2/b12-4-. The van der Waals surface area contributed by atoms with E-state index in [1.165, 1.54) is 16.7 Å². The summed E-state index contributed by atoms with van der Waals surface area (Å²) in [6.07, 6.45) is 3.59. The van der Waals surface area contributed by atoms with E-state index in [0.29, 0.717) is 0 Å². The number of hydrogen-bond donors (Lipinski definition) is 1. The largest absolute Gasteiger partial charge is 0.516 e. The van der Waals surface area contributed by atoms with Crippen molar-refractivity contribution in [2.75, 3.05) is 0 Å². The van der Waals surface area contributed by atoms with Crippen LogP contribution in [-0.4, -0.2) is 5.11 Å². The van der Waals surface area contributed by atoms with Gasteiger partial charge in [0.2, 0.25) is 0 Å². The first-order chi connectivity index (χ1) is 7.90. The first-order valence-electron chi connectivity index (χ1n) is 5.34. The molecule has 1 N–H and O–H groups in total. The van der Waals surface area contributed by atoms with Crippen LogP contribution in [0.25, 0.3) is 11.1 Å². The average molecular weight is 210 g/mol. The molecule has 2 aromatic rings. The van der Waals surface area contributed by atoms with Crippen LogP contribution < -0.4 is 0 Å². The van der Waals surface area contributed by atoms with Crippen LogP contribution in [0.4, 0.5) is 0 Å². The summed E-state index contributed by atoms with van der Waals surface area (Å²) in [6.45, 7) is 0. The van der Waals surface area contributed by atoms with Crippen molar-refractivity contribution >= 4 is 0 Å². The second-order valence-electron chi connectivity index (χ2n) is 3.65. The highest BCUT2D eigenvalue weighted by molar-refractivity contribution is 5.63. The minimum Gasteiger partial charge on any atom is -0.516 e. The first kappa shape index (κ1) is 10.5. The van der Waals surface area contributed by atoms with Crippen LogP contribution in [0, 0.1) is 0 Å². The van der Waals surface area contributed by atoms with Crippen molar-refractivity contribution in [1.29, 1.82) is 0 Å². The Labute approximate surface area is 95.7 Å². The van der Waals surface area contributed by atoms with Crippen LogP contribution in [0.5, 0.6) is 0 Å². The van der Waals surface area contributed by atoms with Gasteiger partial charge in [-0.2, -0.15) is 0 Å². The SMILES string of the molecule is O/C=C\Cc1ccc(-c2ccccc2)cc1. The van der Waals surface area contributed by atoms with Gasteiger partial charge in [-0.3, -0.25) is 0 Å². The maximum absolute atomic E-state index is 8.58. The summed E-state index contributed by atoms with van der Waals surface area (Å²) in [7, 11) is 0. The molecule has 0 unspecified atom stereocenters. The topological polar surface area (TPSA) is 20.2 Å². The third kappa shape index (κ3) is 2.51. The Kier molecular flexibility index (Phi) is 3.39. The highest BCUT2D eigenvalue weighted by atomic mass is 16.2. The molecule has 0 radical (unpaired) electrons. The molecule has 0 saturated carbocycles. The first-order valence-corrected chi connectivity index (χ1v) is 5.34. The molecule has 0 aromatic heterocycles. The second-order valence-corrected chi connectivity index (χ2v) is 3.65. The van der Waals surface area contributed by atoms with E-state index in [-0.39, 0.29) is 0 Å². The molecular formula is C15H14O. The number of hydrogen-bond acceptors (Lipinski definition) is 1. The zero-order valence-corrected chi connectivity index (χ0v) is 9.01. The fourth-order valence-corrected chi connectivity index (χ4v) is 1.65. The number of aliphatic hydroxyl groups is 1. The lowest BCUT2D eigenvalue weighted by Gasteiger charge is -2.02. The molecule has 0 bridgehead atoms. The lowest BCUT2D eigenvalue weighted by Crippen LogP contribution is -1.82. The molecule has 2 aromatic carbocycles. The molecule has 1 nitrogen and oxygen atoms in total. The zero-order valence-electron chi connectivity index (χ0n) is 9.01. The molecule has 0 aliphatic carbocycles. The van der Waals surface area contributed by atoms with E-state index in [9.17, 15) is 0 Å². The summed E-state index contributed by atoms with van der Waals surface area (Å²) in [5, 5.41) is 8.58. The van der Waals surface area contributed by atoms with Gasteiger partial charge in [0.25, 0.3) is 0 Å². The molecule has 0 aliphatic heterocycles. The van der Waals surface area contributed by atoms with Crippen molar-refractivity contribution in [3.8, 4) is 11.1 Å². The van der Waals surface area contributed by atoms with Crippen LogP contribution >= 0.6 is 0 Å². The van der Waals surface area contributed by atoms with E-state index in [1.807, 2.05) is 18.2 Å². The molecule has 0 heterocycles. The van der Waals surface area contributed by atoms with E-state index >= 15 is 0 Å². The monoisotopic (exact) mass is 210 g/mol. The second kappa shape index (κ2) is 5.17. The van der Waals surface area contributed by atoms with Crippen molar-refractivity contribution in [1.82, 2.24) is 0 Å². The fourth-order valence-electron chi connectivity index (χ4n) is 1.65. The Morgan fingerprint density at radius 1 is 0.812 bits per heavy atom. The van der Waals surface area contributed by atoms with Gasteiger partial charge in [0.05, 0.1) is 6.26 Å². The van der Waals surface area contributed by atoms with E-state index in [0.717, 1.165) is 12.7 Å². The normalized spacial score (nSPS) is 10.8. The van der Waals surface area contributed by atoms with Crippen molar-refractivity contribution in [2.45, 2.75) is 6.42 Å². The Morgan fingerprint density at radius 2 is 1.44 bits per heavy atom.